The highest BCUT2D eigenvalue weighted by atomic mass is 79.9. The molecule has 1 aromatic carbocycles. The third kappa shape index (κ3) is 2.94. The molecule has 1 atom stereocenters. The van der Waals surface area contributed by atoms with E-state index in [1.807, 2.05) is 13.0 Å². The van der Waals surface area contributed by atoms with Gasteiger partial charge in [-0.3, -0.25) is 4.98 Å². The monoisotopic (exact) mass is 309 g/mol. The maximum atomic E-state index is 13.4. The lowest BCUT2D eigenvalue weighted by Crippen LogP contribution is -2.04. The third-order valence-electron chi connectivity index (χ3n) is 2.73. The van der Waals surface area contributed by atoms with E-state index in [-0.39, 0.29) is 5.82 Å². The number of nitrogens with zero attached hydrogens (tertiary/aromatic N) is 1. The van der Waals surface area contributed by atoms with Crippen LogP contribution in [0, 0.1) is 12.7 Å². The summed E-state index contributed by atoms with van der Waals surface area (Å²) in [5.74, 6) is -0.318. The maximum Gasteiger partial charge on any atom is 0.137 e. The van der Waals surface area contributed by atoms with Crippen LogP contribution in [0.5, 0.6) is 0 Å². The molecule has 94 valence electrons. The van der Waals surface area contributed by atoms with Gasteiger partial charge < -0.3 is 5.11 Å². The molecule has 0 radical (unpaired) electrons. The average Bonchev–Trinajstić information content (AvgIpc) is 2.35. The highest BCUT2D eigenvalue weighted by Crippen LogP contribution is 2.25. The quantitative estimate of drug-likeness (QED) is 0.940. The summed E-state index contributed by atoms with van der Waals surface area (Å²) in [6.07, 6.45) is 3.03. The number of rotatable bonds is 3. The van der Waals surface area contributed by atoms with Crippen LogP contribution < -0.4 is 0 Å². The minimum atomic E-state index is -0.685. The highest BCUT2D eigenvalue weighted by molar-refractivity contribution is 9.10. The normalized spacial score (nSPS) is 12.4. The van der Waals surface area contributed by atoms with Crippen molar-refractivity contribution in [2.24, 2.45) is 0 Å². The second-order valence-electron chi connectivity index (χ2n) is 4.23. The summed E-state index contributed by atoms with van der Waals surface area (Å²) >= 11 is 3.19. The van der Waals surface area contributed by atoms with Gasteiger partial charge in [-0.25, -0.2) is 4.39 Å². The molecule has 2 aromatic rings. The Morgan fingerprint density at radius 3 is 2.89 bits per heavy atom. The van der Waals surface area contributed by atoms with E-state index in [0.29, 0.717) is 10.9 Å². The van der Waals surface area contributed by atoms with Gasteiger partial charge in [0.2, 0.25) is 0 Å². The molecule has 0 saturated carbocycles. The van der Waals surface area contributed by atoms with Gasteiger partial charge in [-0.15, -0.1) is 0 Å². The topological polar surface area (TPSA) is 33.1 Å². The first-order valence-electron chi connectivity index (χ1n) is 5.60. The highest BCUT2D eigenvalue weighted by Gasteiger charge is 2.13. The Bertz CT molecular complexity index is 559. The molecule has 0 bridgehead atoms. The van der Waals surface area contributed by atoms with Gasteiger partial charge in [-0.05, 0) is 45.6 Å². The van der Waals surface area contributed by atoms with E-state index in [1.165, 1.54) is 6.07 Å². The van der Waals surface area contributed by atoms with Crippen LogP contribution in [0.4, 0.5) is 4.39 Å². The molecule has 0 aliphatic carbocycles. The Balaban J connectivity index is 2.21. The molecule has 18 heavy (non-hydrogen) atoms. The Morgan fingerprint density at radius 2 is 2.17 bits per heavy atom. The first-order valence-corrected chi connectivity index (χ1v) is 6.39. The van der Waals surface area contributed by atoms with Crippen molar-refractivity contribution >= 4 is 15.9 Å². The standard InChI is InChI=1S/C14H13BrFNO/c1-9-5-11(8-17-7-9)13(18)6-10-3-2-4-12(16)14(10)15/h2-5,7-8,13,18H,6H2,1H3. The number of benzene rings is 1. The summed E-state index contributed by atoms with van der Waals surface area (Å²) in [6.45, 7) is 1.92. The smallest absolute Gasteiger partial charge is 0.137 e. The third-order valence-corrected chi connectivity index (χ3v) is 3.61. The van der Waals surface area contributed by atoms with Gasteiger partial charge in [0, 0.05) is 18.8 Å². The molecule has 1 aromatic heterocycles. The number of halogens is 2. The number of aliphatic hydroxyl groups excluding tert-OH is 1. The zero-order valence-corrected chi connectivity index (χ0v) is 11.5. The van der Waals surface area contributed by atoms with E-state index in [9.17, 15) is 9.50 Å². The van der Waals surface area contributed by atoms with E-state index in [0.717, 1.165) is 16.7 Å². The second kappa shape index (κ2) is 5.59. The van der Waals surface area contributed by atoms with Gasteiger partial charge in [0.1, 0.15) is 5.82 Å². The van der Waals surface area contributed by atoms with Crippen LogP contribution in [-0.2, 0) is 6.42 Å². The average molecular weight is 310 g/mol. The van der Waals surface area contributed by atoms with Gasteiger partial charge in [0.15, 0.2) is 0 Å². The molecule has 2 nitrogen and oxygen atoms in total. The van der Waals surface area contributed by atoms with Gasteiger partial charge in [0.05, 0.1) is 10.6 Å². The molecule has 1 heterocycles. The number of hydrogen-bond donors (Lipinski definition) is 1. The molecule has 2 rings (SSSR count). The van der Waals surface area contributed by atoms with Gasteiger partial charge in [0.25, 0.3) is 0 Å². The largest absolute Gasteiger partial charge is 0.388 e. The zero-order valence-electron chi connectivity index (χ0n) is 9.90. The van der Waals surface area contributed by atoms with Crippen molar-refractivity contribution in [2.75, 3.05) is 0 Å². The lowest BCUT2D eigenvalue weighted by atomic mass is 10.0. The summed E-state index contributed by atoms with van der Waals surface area (Å²) in [6, 6.07) is 6.69. The van der Waals surface area contributed by atoms with Crippen LogP contribution in [0.3, 0.4) is 0 Å². The van der Waals surface area contributed by atoms with E-state index in [1.54, 1.807) is 24.5 Å². The van der Waals surface area contributed by atoms with Crippen molar-refractivity contribution in [3.05, 3.63) is 63.6 Å². The Labute approximate surface area is 114 Å². The number of pyridine rings is 1. The van der Waals surface area contributed by atoms with E-state index >= 15 is 0 Å². The number of aliphatic hydroxyl groups is 1. The number of aryl methyl sites for hydroxylation is 1. The van der Waals surface area contributed by atoms with E-state index in [2.05, 4.69) is 20.9 Å². The molecule has 0 aliphatic heterocycles. The minimum absolute atomic E-state index is 0.318. The number of aromatic nitrogens is 1. The second-order valence-corrected chi connectivity index (χ2v) is 5.02. The molecule has 0 amide bonds. The van der Waals surface area contributed by atoms with Crippen LogP contribution in [0.15, 0.2) is 41.1 Å². The van der Waals surface area contributed by atoms with Crippen LogP contribution in [0.1, 0.15) is 22.8 Å². The summed E-state index contributed by atoms with van der Waals surface area (Å²) in [5, 5.41) is 10.1. The predicted molar refractivity (Wildman–Crippen MR) is 71.7 cm³/mol. The van der Waals surface area contributed by atoms with Crippen molar-refractivity contribution < 1.29 is 9.50 Å². The zero-order chi connectivity index (χ0) is 13.1. The fraction of sp³-hybridized carbons (Fsp3) is 0.214. The van der Waals surface area contributed by atoms with Crippen LogP contribution in [-0.4, -0.2) is 10.1 Å². The van der Waals surface area contributed by atoms with Crippen molar-refractivity contribution in [3.8, 4) is 0 Å². The van der Waals surface area contributed by atoms with Gasteiger partial charge >= 0.3 is 0 Å². The molecule has 0 spiro atoms. The van der Waals surface area contributed by atoms with E-state index < -0.39 is 6.10 Å². The van der Waals surface area contributed by atoms with Crippen LogP contribution in [0.25, 0.3) is 0 Å². The van der Waals surface area contributed by atoms with Gasteiger partial charge in [-0.1, -0.05) is 18.2 Å². The lowest BCUT2D eigenvalue weighted by Gasteiger charge is -2.12. The summed E-state index contributed by atoms with van der Waals surface area (Å²) in [5.41, 5.74) is 2.47. The summed E-state index contributed by atoms with van der Waals surface area (Å²) in [4.78, 5) is 4.04. The fourth-order valence-electron chi connectivity index (χ4n) is 1.79. The van der Waals surface area contributed by atoms with Crippen molar-refractivity contribution in [3.63, 3.8) is 0 Å². The summed E-state index contributed by atoms with van der Waals surface area (Å²) < 4.78 is 13.8. The molecular weight excluding hydrogens is 297 g/mol. The lowest BCUT2D eigenvalue weighted by molar-refractivity contribution is 0.177. The van der Waals surface area contributed by atoms with E-state index in [4.69, 9.17) is 0 Å². The molecule has 0 aliphatic rings. The molecule has 0 saturated heterocycles. The molecule has 1 N–H and O–H groups in total. The molecular formula is C14H13BrFNO. The minimum Gasteiger partial charge on any atom is -0.388 e. The Kier molecular flexibility index (Phi) is 4.09. The summed E-state index contributed by atoms with van der Waals surface area (Å²) in [7, 11) is 0. The van der Waals surface area contributed by atoms with Crippen LogP contribution >= 0.6 is 15.9 Å². The van der Waals surface area contributed by atoms with Gasteiger partial charge in [-0.2, -0.15) is 0 Å². The fourth-order valence-corrected chi connectivity index (χ4v) is 2.22. The van der Waals surface area contributed by atoms with Crippen LogP contribution in [0.2, 0.25) is 0 Å². The Morgan fingerprint density at radius 1 is 1.39 bits per heavy atom. The molecule has 0 fully saturated rings. The SMILES string of the molecule is Cc1cncc(C(O)Cc2cccc(F)c2Br)c1. The van der Waals surface area contributed by atoms with Crippen molar-refractivity contribution in [2.45, 2.75) is 19.4 Å². The van der Waals surface area contributed by atoms with Crippen molar-refractivity contribution in [1.82, 2.24) is 4.98 Å². The number of hydrogen-bond acceptors (Lipinski definition) is 2. The molecule has 4 heteroatoms. The predicted octanol–water partition coefficient (Wildman–Crippen LogP) is 3.57. The van der Waals surface area contributed by atoms with Crippen molar-refractivity contribution in [1.29, 1.82) is 0 Å². The Hall–Kier alpha value is -1.26. The maximum absolute atomic E-state index is 13.4. The molecule has 1 unspecified atom stereocenters. The first kappa shape index (κ1) is 13.2. The first-order chi connectivity index (χ1) is 8.58.